The summed E-state index contributed by atoms with van der Waals surface area (Å²) < 4.78 is 7.72. The van der Waals surface area contributed by atoms with Crippen LogP contribution in [0.25, 0.3) is 0 Å². The fourth-order valence-electron chi connectivity index (χ4n) is 2.57. The van der Waals surface area contributed by atoms with Gasteiger partial charge in [0.1, 0.15) is 18.5 Å². The summed E-state index contributed by atoms with van der Waals surface area (Å²) in [5, 5.41) is 13.1. The number of ketones is 1. The minimum atomic E-state index is -0.617. The summed E-state index contributed by atoms with van der Waals surface area (Å²) in [4.78, 5) is 12.6. The summed E-state index contributed by atoms with van der Waals surface area (Å²) in [6, 6.07) is 11.5. The molecule has 0 radical (unpaired) electrons. The zero-order valence-electron chi connectivity index (χ0n) is 15.2. The summed E-state index contributed by atoms with van der Waals surface area (Å²) in [5.74, 6) is 0.578. The minimum absolute atomic E-state index is 0.0478. The molecule has 2 N–H and O–H groups in total. The van der Waals surface area contributed by atoms with E-state index in [-0.39, 0.29) is 12.4 Å². The number of nitrogens with one attached hydrogen (secondary N) is 1. The highest BCUT2D eigenvalue weighted by molar-refractivity contribution is 5.98. The second kappa shape index (κ2) is 9.39. The van der Waals surface area contributed by atoms with Crippen molar-refractivity contribution in [2.24, 2.45) is 7.05 Å². The standard InChI is InChI=1S/C20H28N2O3/c1-15(2)21-13-17(23)14-25-20-9-5-4-8-18(20)19(24)11-10-16-7-6-12-22(16)3/h4-9,12,15,17,21,23H,10-11,13-14H2,1-3H3. The van der Waals surface area contributed by atoms with E-state index in [2.05, 4.69) is 5.32 Å². The molecule has 1 aromatic carbocycles. The van der Waals surface area contributed by atoms with Crippen LogP contribution in [-0.2, 0) is 13.5 Å². The van der Waals surface area contributed by atoms with Crippen LogP contribution in [0.2, 0.25) is 0 Å². The number of aliphatic hydroxyl groups is 1. The van der Waals surface area contributed by atoms with Crippen LogP contribution >= 0.6 is 0 Å². The average molecular weight is 344 g/mol. The van der Waals surface area contributed by atoms with Crippen molar-refractivity contribution in [3.05, 3.63) is 53.9 Å². The number of hydrogen-bond donors (Lipinski definition) is 2. The Hall–Kier alpha value is -2.11. The Bertz CT molecular complexity index is 679. The van der Waals surface area contributed by atoms with Crippen molar-refractivity contribution in [1.82, 2.24) is 9.88 Å². The third kappa shape index (κ3) is 6.03. The Balaban J connectivity index is 1.92. The number of hydrogen-bond acceptors (Lipinski definition) is 4. The Kier molecular flexibility index (Phi) is 7.22. The van der Waals surface area contributed by atoms with Crippen LogP contribution in [0.5, 0.6) is 5.75 Å². The number of carbonyl (C=O) groups excluding carboxylic acids is 1. The molecule has 0 aliphatic heterocycles. The van der Waals surface area contributed by atoms with Gasteiger partial charge in [-0.15, -0.1) is 0 Å². The van der Waals surface area contributed by atoms with Gasteiger partial charge in [0.25, 0.3) is 0 Å². The molecule has 0 saturated carbocycles. The van der Waals surface area contributed by atoms with Crippen LogP contribution in [-0.4, -0.2) is 40.8 Å². The maximum absolute atomic E-state index is 12.6. The predicted molar refractivity (Wildman–Crippen MR) is 99.1 cm³/mol. The second-order valence-electron chi connectivity index (χ2n) is 6.56. The third-order valence-electron chi connectivity index (χ3n) is 4.04. The molecule has 2 aromatic rings. The first kappa shape index (κ1) is 19.2. The van der Waals surface area contributed by atoms with Crippen LogP contribution < -0.4 is 10.1 Å². The molecule has 0 bridgehead atoms. The molecule has 136 valence electrons. The first-order valence-electron chi connectivity index (χ1n) is 8.74. The quantitative estimate of drug-likeness (QED) is 0.650. The molecule has 1 unspecified atom stereocenters. The van der Waals surface area contributed by atoms with Gasteiger partial charge in [-0.1, -0.05) is 26.0 Å². The number of benzene rings is 1. The van der Waals surface area contributed by atoms with E-state index in [1.165, 1.54) is 0 Å². The van der Waals surface area contributed by atoms with Crippen LogP contribution in [0.1, 0.15) is 36.3 Å². The van der Waals surface area contributed by atoms with Gasteiger partial charge in [0.05, 0.1) is 5.56 Å². The molecule has 0 aliphatic rings. The zero-order valence-corrected chi connectivity index (χ0v) is 15.2. The van der Waals surface area contributed by atoms with Crippen molar-refractivity contribution in [3.63, 3.8) is 0 Å². The molecule has 0 fully saturated rings. The van der Waals surface area contributed by atoms with E-state index in [9.17, 15) is 9.90 Å². The molecule has 0 aliphatic carbocycles. The van der Waals surface area contributed by atoms with Gasteiger partial charge >= 0.3 is 0 Å². The van der Waals surface area contributed by atoms with Crippen molar-refractivity contribution in [1.29, 1.82) is 0 Å². The molecule has 0 amide bonds. The van der Waals surface area contributed by atoms with Crippen LogP contribution in [0.3, 0.4) is 0 Å². The zero-order chi connectivity index (χ0) is 18.2. The predicted octanol–water partition coefficient (Wildman–Crippen LogP) is 2.58. The number of para-hydroxylation sites is 1. The molecule has 0 saturated heterocycles. The Morgan fingerprint density at radius 3 is 2.68 bits per heavy atom. The van der Waals surface area contributed by atoms with E-state index >= 15 is 0 Å². The number of aryl methyl sites for hydroxylation is 2. The van der Waals surface area contributed by atoms with Gasteiger partial charge in [-0.3, -0.25) is 4.79 Å². The lowest BCUT2D eigenvalue weighted by Gasteiger charge is -2.16. The van der Waals surface area contributed by atoms with Crippen molar-refractivity contribution < 1.29 is 14.6 Å². The molecular formula is C20H28N2O3. The lowest BCUT2D eigenvalue weighted by atomic mass is 10.0. The SMILES string of the molecule is CC(C)NCC(O)COc1ccccc1C(=O)CCc1cccn1C. The average Bonchev–Trinajstić information content (AvgIpc) is 3.01. The van der Waals surface area contributed by atoms with Gasteiger partial charge < -0.3 is 19.7 Å². The van der Waals surface area contributed by atoms with Crippen LogP contribution in [0.4, 0.5) is 0 Å². The van der Waals surface area contributed by atoms with Gasteiger partial charge in [0, 0.05) is 37.9 Å². The highest BCUT2D eigenvalue weighted by Gasteiger charge is 2.14. The molecule has 1 aromatic heterocycles. The molecule has 5 heteroatoms. The minimum Gasteiger partial charge on any atom is -0.490 e. The second-order valence-corrected chi connectivity index (χ2v) is 6.56. The van der Waals surface area contributed by atoms with Crippen molar-refractivity contribution in [3.8, 4) is 5.75 Å². The number of Topliss-reactive ketones (excluding diaryl/α,β-unsaturated/α-hetero) is 1. The third-order valence-corrected chi connectivity index (χ3v) is 4.04. The van der Waals surface area contributed by atoms with Crippen LogP contribution in [0.15, 0.2) is 42.6 Å². The summed E-state index contributed by atoms with van der Waals surface area (Å²) in [7, 11) is 1.98. The number of aromatic nitrogens is 1. The number of ether oxygens (including phenoxy) is 1. The largest absolute Gasteiger partial charge is 0.490 e. The number of rotatable bonds is 10. The summed E-state index contributed by atoms with van der Waals surface area (Å²) in [6.45, 7) is 4.66. The Morgan fingerprint density at radius 2 is 2.00 bits per heavy atom. The molecule has 1 atom stereocenters. The van der Waals surface area contributed by atoms with E-state index in [0.717, 1.165) is 5.69 Å². The van der Waals surface area contributed by atoms with Gasteiger partial charge in [0.2, 0.25) is 0 Å². The number of aliphatic hydroxyl groups excluding tert-OH is 1. The Labute approximate surface area is 149 Å². The highest BCUT2D eigenvalue weighted by Crippen LogP contribution is 2.21. The molecule has 1 heterocycles. The normalized spacial score (nSPS) is 12.4. The topological polar surface area (TPSA) is 63.5 Å². The fraction of sp³-hybridized carbons (Fsp3) is 0.450. The first-order valence-corrected chi connectivity index (χ1v) is 8.74. The van der Waals surface area contributed by atoms with E-state index < -0.39 is 6.10 Å². The lowest BCUT2D eigenvalue weighted by Crippen LogP contribution is -2.35. The van der Waals surface area contributed by atoms with E-state index in [1.54, 1.807) is 12.1 Å². The summed E-state index contributed by atoms with van der Waals surface area (Å²) in [6.07, 6.45) is 2.48. The van der Waals surface area contributed by atoms with Crippen molar-refractivity contribution in [2.45, 2.75) is 38.8 Å². The maximum Gasteiger partial charge on any atom is 0.166 e. The van der Waals surface area contributed by atoms with Gasteiger partial charge in [-0.05, 0) is 30.7 Å². The summed E-state index contributed by atoms with van der Waals surface area (Å²) >= 11 is 0. The highest BCUT2D eigenvalue weighted by atomic mass is 16.5. The molecule has 5 nitrogen and oxygen atoms in total. The molecule has 0 spiro atoms. The monoisotopic (exact) mass is 344 g/mol. The van der Waals surface area contributed by atoms with Gasteiger partial charge in [-0.25, -0.2) is 0 Å². The maximum atomic E-state index is 12.6. The van der Waals surface area contributed by atoms with Crippen molar-refractivity contribution >= 4 is 5.78 Å². The molecule has 25 heavy (non-hydrogen) atoms. The Morgan fingerprint density at radius 1 is 1.24 bits per heavy atom. The smallest absolute Gasteiger partial charge is 0.166 e. The fourth-order valence-corrected chi connectivity index (χ4v) is 2.57. The summed E-state index contributed by atoms with van der Waals surface area (Å²) in [5.41, 5.74) is 1.70. The number of nitrogens with zero attached hydrogens (tertiary/aromatic N) is 1. The van der Waals surface area contributed by atoms with E-state index in [1.807, 2.05) is 55.9 Å². The van der Waals surface area contributed by atoms with Crippen LogP contribution in [0, 0.1) is 0 Å². The van der Waals surface area contributed by atoms with E-state index in [0.29, 0.717) is 36.7 Å². The first-order chi connectivity index (χ1) is 12.0. The van der Waals surface area contributed by atoms with Gasteiger partial charge in [-0.2, -0.15) is 0 Å². The number of carbonyl (C=O) groups is 1. The van der Waals surface area contributed by atoms with Gasteiger partial charge in [0.15, 0.2) is 5.78 Å². The molecular weight excluding hydrogens is 316 g/mol. The van der Waals surface area contributed by atoms with E-state index in [4.69, 9.17) is 4.74 Å². The molecule has 2 rings (SSSR count). The van der Waals surface area contributed by atoms with Crippen molar-refractivity contribution in [2.75, 3.05) is 13.2 Å². The lowest BCUT2D eigenvalue weighted by molar-refractivity contribution is 0.0946.